The maximum Gasteiger partial charge on any atom is 0.156 e. The summed E-state index contributed by atoms with van der Waals surface area (Å²) in [4.78, 5) is 0.970. The van der Waals surface area contributed by atoms with Crippen LogP contribution in [0.25, 0.3) is 0 Å². The molecule has 0 spiro atoms. The number of thioether (sulfide) groups is 1. The molecule has 0 radical (unpaired) electrons. The van der Waals surface area contributed by atoms with Crippen LogP contribution in [0, 0.1) is 0 Å². The summed E-state index contributed by atoms with van der Waals surface area (Å²) in [5.41, 5.74) is 1.09. The fourth-order valence-electron chi connectivity index (χ4n) is 2.32. The molecular formula is C16H16O2S. The number of hydrogen-bond donors (Lipinski definition) is 1. The summed E-state index contributed by atoms with van der Waals surface area (Å²) in [5.74, 6) is 1.19. The first-order valence-electron chi connectivity index (χ1n) is 6.40. The Morgan fingerprint density at radius 3 is 2.74 bits per heavy atom. The van der Waals surface area contributed by atoms with E-state index in [2.05, 4.69) is 19.1 Å². The van der Waals surface area contributed by atoms with Crippen molar-refractivity contribution in [1.82, 2.24) is 0 Å². The van der Waals surface area contributed by atoms with E-state index in [4.69, 9.17) is 4.74 Å². The summed E-state index contributed by atoms with van der Waals surface area (Å²) in [6.45, 7) is 2.13. The van der Waals surface area contributed by atoms with Crippen LogP contribution in [0.1, 0.15) is 18.9 Å². The van der Waals surface area contributed by atoms with Gasteiger partial charge in [-0.2, -0.15) is 0 Å². The lowest BCUT2D eigenvalue weighted by Crippen LogP contribution is -2.32. The number of phenols is 1. The lowest BCUT2D eigenvalue weighted by atomic mass is 10.0. The molecule has 1 unspecified atom stereocenters. The third-order valence-corrected chi connectivity index (χ3v) is 4.52. The fourth-order valence-corrected chi connectivity index (χ4v) is 3.44. The van der Waals surface area contributed by atoms with Crippen LogP contribution in [0.15, 0.2) is 53.4 Å². The number of hydrogen-bond acceptors (Lipinski definition) is 3. The quantitative estimate of drug-likeness (QED) is 0.887. The first-order valence-corrected chi connectivity index (χ1v) is 7.21. The summed E-state index contributed by atoms with van der Waals surface area (Å²) >= 11 is 1.75. The molecule has 2 nitrogen and oxygen atoms in total. The Bertz CT molecular complexity index is 583. The topological polar surface area (TPSA) is 29.5 Å². The van der Waals surface area contributed by atoms with E-state index in [9.17, 15) is 5.11 Å². The van der Waals surface area contributed by atoms with Crippen molar-refractivity contribution >= 4 is 11.8 Å². The molecule has 3 rings (SSSR count). The highest BCUT2D eigenvalue weighted by atomic mass is 32.2. The molecule has 0 saturated heterocycles. The van der Waals surface area contributed by atoms with E-state index in [0.29, 0.717) is 5.75 Å². The number of phenolic OH excluding ortho intramolecular Hbond substituents is 1. The van der Waals surface area contributed by atoms with Crippen molar-refractivity contribution in [3.8, 4) is 11.5 Å². The second-order valence-corrected chi connectivity index (χ2v) is 6.48. The van der Waals surface area contributed by atoms with Gasteiger partial charge in [0.1, 0.15) is 11.5 Å². The van der Waals surface area contributed by atoms with Gasteiger partial charge in [-0.3, -0.25) is 0 Å². The first-order chi connectivity index (χ1) is 9.15. The van der Waals surface area contributed by atoms with Gasteiger partial charge in [0.05, 0.1) is 0 Å². The van der Waals surface area contributed by atoms with E-state index in [1.807, 2.05) is 24.3 Å². The second kappa shape index (κ2) is 4.82. The molecule has 19 heavy (non-hydrogen) atoms. The smallest absolute Gasteiger partial charge is 0.156 e. The van der Waals surface area contributed by atoms with Gasteiger partial charge in [0.2, 0.25) is 0 Å². The average molecular weight is 272 g/mol. The monoisotopic (exact) mass is 272 g/mol. The first kappa shape index (κ1) is 12.4. The third-order valence-electron chi connectivity index (χ3n) is 3.30. The highest BCUT2D eigenvalue weighted by molar-refractivity contribution is 8.00. The standard InChI is InChI=1S/C16H16O2S/c1-16(19-14-5-3-2-4-6-14)10-9-12-11-13(17)7-8-15(12)18-16/h2-8,11,17H,9-10H2,1H3. The number of aryl methyl sites for hydroxylation is 1. The highest BCUT2D eigenvalue weighted by Crippen LogP contribution is 2.43. The zero-order valence-electron chi connectivity index (χ0n) is 10.8. The van der Waals surface area contributed by atoms with Crippen LogP contribution < -0.4 is 4.74 Å². The van der Waals surface area contributed by atoms with E-state index in [1.54, 1.807) is 23.9 Å². The molecule has 1 heterocycles. The molecule has 0 aromatic heterocycles. The molecule has 0 aliphatic carbocycles. The molecule has 1 aliphatic heterocycles. The van der Waals surface area contributed by atoms with Crippen molar-refractivity contribution in [2.24, 2.45) is 0 Å². The molecule has 1 atom stereocenters. The van der Waals surface area contributed by atoms with Crippen molar-refractivity contribution in [3.63, 3.8) is 0 Å². The minimum Gasteiger partial charge on any atom is -0.508 e. The van der Waals surface area contributed by atoms with E-state index in [-0.39, 0.29) is 4.93 Å². The number of rotatable bonds is 2. The van der Waals surface area contributed by atoms with Crippen LogP contribution >= 0.6 is 11.8 Å². The number of benzene rings is 2. The molecular weight excluding hydrogens is 256 g/mol. The Kier molecular flexibility index (Phi) is 3.15. The van der Waals surface area contributed by atoms with Crippen LogP contribution in [0.4, 0.5) is 0 Å². The SMILES string of the molecule is CC1(Sc2ccccc2)CCc2cc(O)ccc2O1. The molecule has 2 aromatic rings. The van der Waals surface area contributed by atoms with Crippen LogP contribution in [-0.2, 0) is 6.42 Å². The summed E-state index contributed by atoms with van der Waals surface area (Å²) < 4.78 is 6.13. The van der Waals surface area contributed by atoms with Crippen molar-refractivity contribution < 1.29 is 9.84 Å². The Balaban J connectivity index is 1.82. The lowest BCUT2D eigenvalue weighted by Gasteiger charge is -2.35. The molecule has 1 N–H and O–H groups in total. The predicted octanol–water partition coefficient (Wildman–Crippen LogP) is 4.23. The van der Waals surface area contributed by atoms with Gasteiger partial charge in [0.25, 0.3) is 0 Å². The van der Waals surface area contributed by atoms with Gasteiger partial charge in [0, 0.05) is 11.3 Å². The van der Waals surface area contributed by atoms with Gasteiger partial charge >= 0.3 is 0 Å². The van der Waals surface area contributed by atoms with Gasteiger partial charge in [-0.1, -0.05) is 30.0 Å². The van der Waals surface area contributed by atoms with Crippen LogP contribution in [0.2, 0.25) is 0 Å². The zero-order valence-corrected chi connectivity index (χ0v) is 11.6. The normalized spacial score (nSPS) is 21.5. The Labute approximate surface area is 117 Å². The maximum absolute atomic E-state index is 9.49. The molecule has 1 aliphatic rings. The van der Waals surface area contributed by atoms with Gasteiger partial charge in [-0.05, 0) is 49.2 Å². The fraction of sp³-hybridized carbons (Fsp3) is 0.250. The minimum absolute atomic E-state index is 0.245. The predicted molar refractivity (Wildman–Crippen MR) is 77.8 cm³/mol. The number of ether oxygens (including phenoxy) is 1. The van der Waals surface area contributed by atoms with E-state index in [1.165, 1.54) is 4.90 Å². The molecule has 0 saturated carbocycles. The van der Waals surface area contributed by atoms with Gasteiger partial charge in [-0.15, -0.1) is 0 Å². The molecule has 0 amide bonds. The van der Waals surface area contributed by atoms with E-state index in [0.717, 1.165) is 24.2 Å². The summed E-state index contributed by atoms with van der Waals surface area (Å²) in [7, 11) is 0. The summed E-state index contributed by atoms with van der Waals surface area (Å²) in [6, 6.07) is 15.6. The zero-order chi connectivity index (χ0) is 13.3. The van der Waals surface area contributed by atoms with Crippen LogP contribution in [-0.4, -0.2) is 10.0 Å². The van der Waals surface area contributed by atoms with Crippen LogP contribution in [0.5, 0.6) is 11.5 Å². The van der Waals surface area contributed by atoms with Gasteiger partial charge in [0.15, 0.2) is 4.93 Å². The largest absolute Gasteiger partial charge is 0.508 e. The number of aromatic hydroxyl groups is 1. The van der Waals surface area contributed by atoms with Crippen molar-refractivity contribution in [2.45, 2.75) is 29.6 Å². The van der Waals surface area contributed by atoms with Crippen molar-refractivity contribution in [2.75, 3.05) is 0 Å². The number of fused-ring (bicyclic) bond motifs is 1. The Morgan fingerprint density at radius 2 is 1.95 bits per heavy atom. The van der Waals surface area contributed by atoms with Crippen molar-refractivity contribution in [1.29, 1.82) is 0 Å². The molecule has 0 fully saturated rings. The van der Waals surface area contributed by atoms with Crippen LogP contribution in [0.3, 0.4) is 0 Å². The Morgan fingerprint density at radius 1 is 1.16 bits per heavy atom. The van der Waals surface area contributed by atoms with E-state index < -0.39 is 0 Å². The second-order valence-electron chi connectivity index (χ2n) is 4.94. The molecule has 3 heteroatoms. The van der Waals surface area contributed by atoms with E-state index >= 15 is 0 Å². The maximum atomic E-state index is 9.49. The molecule has 98 valence electrons. The van der Waals surface area contributed by atoms with Gasteiger partial charge < -0.3 is 9.84 Å². The lowest BCUT2D eigenvalue weighted by molar-refractivity contribution is 0.157. The molecule has 2 aromatic carbocycles. The summed E-state index contributed by atoms with van der Waals surface area (Å²) in [5, 5.41) is 9.49. The third kappa shape index (κ3) is 2.71. The molecule has 0 bridgehead atoms. The van der Waals surface area contributed by atoms with Gasteiger partial charge in [-0.25, -0.2) is 0 Å². The average Bonchev–Trinajstić information content (AvgIpc) is 2.40. The Hall–Kier alpha value is -1.61. The van der Waals surface area contributed by atoms with Crippen molar-refractivity contribution in [3.05, 3.63) is 54.1 Å². The highest BCUT2D eigenvalue weighted by Gasteiger charge is 2.32. The summed E-state index contributed by atoms with van der Waals surface area (Å²) in [6.07, 6.45) is 1.86. The minimum atomic E-state index is -0.245.